The monoisotopic (exact) mass is 258 g/mol. The molecule has 2 N–H and O–H groups in total. The van der Waals surface area contributed by atoms with Crippen molar-refractivity contribution in [1.29, 1.82) is 0 Å². The number of fused-ring (bicyclic) bond motifs is 1. The lowest BCUT2D eigenvalue weighted by molar-refractivity contribution is 0.0774. The van der Waals surface area contributed by atoms with Crippen LogP contribution in [0.15, 0.2) is 35.7 Å². The summed E-state index contributed by atoms with van der Waals surface area (Å²) >= 11 is 1.72. The minimum atomic E-state index is 0.0240. The smallest absolute Gasteiger partial charge is 0.256 e. The second-order valence-corrected chi connectivity index (χ2v) is 5.54. The third kappa shape index (κ3) is 1.61. The molecule has 1 aromatic carbocycles. The van der Waals surface area contributed by atoms with Gasteiger partial charge in [-0.3, -0.25) is 4.79 Å². The van der Waals surface area contributed by atoms with E-state index in [1.54, 1.807) is 22.3 Å². The summed E-state index contributed by atoms with van der Waals surface area (Å²) in [7, 11) is 1.83. The van der Waals surface area contributed by atoms with Gasteiger partial charge >= 0.3 is 0 Å². The van der Waals surface area contributed by atoms with Crippen molar-refractivity contribution in [2.45, 2.75) is 5.92 Å². The molecule has 1 aliphatic rings. The molecular formula is C14H14N2OS. The lowest BCUT2D eigenvalue weighted by Gasteiger charge is -2.32. The van der Waals surface area contributed by atoms with Crippen LogP contribution in [-0.4, -0.2) is 24.4 Å². The molecule has 3 rings (SSSR count). The van der Waals surface area contributed by atoms with E-state index < -0.39 is 0 Å². The molecule has 0 saturated heterocycles. The zero-order valence-electron chi connectivity index (χ0n) is 10.1. The number of benzene rings is 1. The molecule has 0 fully saturated rings. The number of nitrogens with zero attached hydrogens (tertiary/aromatic N) is 1. The van der Waals surface area contributed by atoms with E-state index in [4.69, 9.17) is 5.73 Å². The lowest BCUT2D eigenvalue weighted by Crippen LogP contribution is -2.37. The maximum Gasteiger partial charge on any atom is 0.256 e. The van der Waals surface area contributed by atoms with E-state index in [0.29, 0.717) is 11.3 Å². The second-order valence-electron chi connectivity index (χ2n) is 4.57. The highest BCUT2D eigenvalue weighted by molar-refractivity contribution is 7.10. The Kier molecular flexibility index (Phi) is 2.59. The SMILES string of the molecule is CN1CC(c2cccs2)c2cccc(N)c2C1=O. The number of hydrogen-bond acceptors (Lipinski definition) is 3. The fourth-order valence-electron chi connectivity index (χ4n) is 2.50. The lowest BCUT2D eigenvalue weighted by atomic mass is 9.87. The van der Waals surface area contributed by atoms with Crippen LogP contribution in [0.5, 0.6) is 0 Å². The number of nitrogens with two attached hydrogens (primary N) is 1. The van der Waals surface area contributed by atoms with Crippen molar-refractivity contribution in [1.82, 2.24) is 4.90 Å². The molecule has 3 nitrogen and oxygen atoms in total. The zero-order valence-corrected chi connectivity index (χ0v) is 10.9. The van der Waals surface area contributed by atoms with Crippen LogP contribution < -0.4 is 5.73 Å². The predicted molar refractivity (Wildman–Crippen MR) is 74.0 cm³/mol. The van der Waals surface area contributed by atoms with Gasteiger partial charge in [-0.1, -0.05) is 18.2 Å². The van der Waals surface area contributed by atoms with E-state index in [1.807, 2.05) is 25.2 Å². The van der Waals surface area contributed by atoms with Gasteiger partial charge < -0.3 is 10.6 Å². The number of anilines is 1. The van der Waals surface area contributed by atoms with Crippen LogP contribution in [0, 0.1) is 0 Å². The molecule has 0 spiro atoms. The normalized spacial score (nSPS) is 18.8. The Hall–Kier alpha value is -1.81. The summed E-state index contributed by atoms with van der Waals surface area (Å²) in [5, 5.41) is 2.07. The van der Waals surface area contributed by atoms with E-state index in [0.717, 1.165) is 12.1 Å². The van der Waals surface area contributed by atoms with E-state index in [1.165, 1.54) is 4.88 Å². The molecule has 0 saturated carbocycles. The van der Waals surface area contributed by atoms with Crippen LogP contribution in [0.3, 0.4) is 0 Å². The third-order valence-electron chi connectivity index (χ3n) is 3.41. The first kappa shape index (κ1) is 11.3. The number of carbonyl (C=O) groups is 1. The number of carbonyl (C=O) groups excluding carboxylic acids is 1. The van der Waals surface area contributed by atoms with Gasteiger partial charge in [-0.15, -0.1) is 11.3 Å². The summed E-state index contributed by atoms with van der Waals surface area (Å²) < 4.78 is 0. The minimum absolute atomic E-state index is 0.0240. The molecule has 0 aliphatic carbocycles. The molecule has 1 aromatic heterocycles. The quantitative estimate of drug-likeness (QED) is 0.799. The average Bonchev–Trinajstić information content (AvgIpc) is 2.87. The summed E-state index contributed by atoms with van der Waals surface area (Å²) in [6.07, 6.45) is 0. The van der Waals surface area contributed by atoms with Gasteiger partial charge in [0.2, 0.25) is 0 Å². The highest BCUT2D eigenvalue weighted by Gasteiger charge is 2.31. The predicted octanol–water partition coefficient (Wildman–Crippen LogP) is 2.55. The topological polar surface area (TPSA) is 46.3 Å². The number of amides is 1. The van der Waals surface area contributed by atoms with Crippen molar-refractivity contribution in [3.63, 3.8) is 0 Å². The molecule has 0 bridgehead atoms. The molecule has 1 amide bonds. The Morgan fingerprint density at radius 3 is 2.89 bits per heavy atom. The summed E-state index contributed by atoms with van der Waals surface area (Å²) in [5.74, 6) is 0.266. The van der Waals surface area contributed by atoms with Gasteiger partial charge in [-0.2, -0.15) is 0 Å². The molecule has 2 aromatic rings. The van der Waals surface area contributed by atoms with Crippen molar-refractivity contribution >= 4 is 22.9 Å². The van der Waals surface area contributed by atoms with Gasteiger partial charge in [0.15, 0.2) is 0 Å². The number of likely N-dealkylation sites (N-methyl/N-ethyl adjacent to an activating group) is 1. The zero-order chi connectivity index (χ0) is 12.7. The van der Waals surface area contributed by atoms with Gasteiger partial charge in [0.05, 0.1) is 5.56 Å². The summed E-state index contributed by atoms with van der Waals surface area (Å²) in [5.41, 5.74) is 8.27. The highest BCUT2D eigenvalue weighted by Crippen LogP contribution is 2.37. The van der Waals surface area contributed by atoms with Gasteiger partial charge in [-0.25, -0.2) is 0 Å². The molecule has 4 heteroatoms. The Balaban J connectivity index is 2.19. The van der Waals surface area contributed by atoms with E-state index in [2.05, 4.69) is 11.4 Å². The van der Waals surface area contributed by atoms with Gasteiger partial charge in [0, 0.05) is 30.1 Å². The van der Waals surface area contributed by atoms with Crippen LogP contribution in [0.1, 0.15) is 26.7 Å². The standard InChI is InChI=1S/C14H14N2OS/c1-16-8-10(12-6-3-7-18-12)9-4-2-5-11(15)13(9)14(16)17/h2-7,10H,8,15H2,1H3. The molecule has 1 aliphatic heterocycles. The first-order valence-corrected chi connectivity index (χ1v) is 6.73. The number of hydrogen-bond donors (Lipinski definition) is 1. The van der Waals surface area contributed by atoms with E-state index in [-0.39, 0.29) is 11.8 Å². The van der Waals surface area contributed by atoms with Crippen molar-refractivity contribution < 1.29 is 4.79 Å². The highest BCUT2D eigenvalue weighted by atomic mass is 32.1. The first-order chi connectivity index (χ1) is 8.68. The molecule has 1 unspecified atom stereocenters. The van der Waals surface area contributed by atoms with Crippen LogP contribution in [-0.2, 0) is 0 Å². The first-order valence-electron chi connectivity index (χ1n) is 5.85. The Morgan fingerprint density at radius 2 is 2.17 bits per heavy atom. The minimum Gasteiger partial charge on any atom is -0.398 e. The van der Waals surface area contributed by atoms with Crippen molar-refractivity contribution in [3.05, 3.63) is 51.7 Å². The Labute approximate surface area is 110 Å². The van der Waals surface area contributed by atoms with Crippen LogP contribution in [0.25, 0.3) is 0 Å². The molecule has 18 heavy (non-hydrogen) atoms. The molecule has 92 valence electrons. The summed E-state index contributed by atoms with van der Waals surface area (Å²) in [6.45, 7) is 0.718. The number of rotatable bonds is 1. The maximum absolute atomic E-state index is 12.2. The largest absolute Gasteiger partial charge is 0.398 e. The Morgan fingerprint density at radius 1 is 1.33 bits per heavy atom. The van der Waals surface area contributed by atoms with Gasteiger partial charge in [0.1, 0.15) is 0 Å². The molecule has 1 atom stereocenters. The van der Waals surface area contributed by atoms with Crippen LogP contribution in [0.2, 0.25) is 0 Å². The summed E-state index contributed by atoms with van der Waals surface area (Å²) in [4.78, 5) is 15.2. The molecule has 2 heterocycles. The number of nitrogen functional groups attached to an aromatic ring is 1. The van der Waals surface area contributed by atoms with Gasteiger partial charge in [0.25, 0.3) is 5.91 Å². The van der Waals surface area contributed by atoms with E-state index >= 15 is 0 Å². The van der Waals surface area contributed by atoms with Crippen molar-refractivity contribution in [2.24, 2.45) is 0 Å². The average molecular weight is 258 g/mol. The maximum atomic E-state index is 12.2. The molecular weight excluding hydrogens is 244 g/mol. The third-order valence-corrected chi connectivity index (χ3v) is 4.39. The second kappa shape index (κ2) is 4.14. The Bertz CT molecular complexity index is 592. The fraction of sp³-hybridized carbons (Fsp3) is 0.214. The van der Waals surface area contributed by atoms with Crippen LogP contribution in [0.4, 0.5) is 5.69 Å². The molecule has 0 radical (unpaired) electrons. The summed E-state index contributed by atoms with van der Waals surface area (Å²) in [6, 6.07) is 9.89. The fourth-order valence-corrected chi connectivity index (χ4v) is 3.34. The van der Waals surface area contributed by atoms with Gasteiger partial charge in [-0.05, 0) is 23.1 Å². The van der Waals surface area contributed by atoms with Crippen LogP contribution >= 0.6 is 11.3 Å². The van der Waals surface area contributed by atoms with Crippen molar-refractivity contribution in [2.75, 3.05) is 19.3 Å². The number of thiophene rings is 1. The van der Waals surface area contributed by atoms with E-state index in [9.17, 15) is 4.79 Å². The van der Waals surface area contributed by atoms with Crippen molar-refractivity contribution in [3.8, 4) is 0 Å².